The van der Waals surface area contributed by atoms with Crippen molar-refractivity contribution in [1.29, 1.82) is 0 Å². The van der Waals surface area contributed by atoms with Crippen LogP contribution in [0.3, 0.4) is 0 Å². The summed E-state index contributed by atoms with van der Waals surface area (Å²) in [4.78, 5) is 17.2. The predicted octanol–water partition coefficient (Wildman–Crippen LogP) is 4.91. The molecule has 1 saturated carbocycles. The van der Waals surface area contributed by atoms with Crippen LogP contribution in [0.25, 0.3) is 0 Å². The van der Waals surface area contributed by atoms with Gasteiger partial charge in [-0.3, -0.25) is 5.10 Å². The lowest BCUT2D eigenvalue weighted by molar-refractivity contribution is 0.116. The van der Waals surface area contributed by atoms with Crippen molar-refractivity contribution < 1.29 is 9.57 Å². The number of rotatable bonds is 8. The first-order chi connectivity index (χ1) is 18.2. The van der Waals surface area contributed by atoms with E-state index < -0.39 is 0 Å². The third-order valence-electron chi connectivity index (χ3n) is 6.25. The van der Waals surface area contributed by atoms with Gasteiger partial charge in [-0.1, -0.05) is 55.8 Å². The first kappa shape index (κ1) is 25.3. The number of ether oxygens (including phenoxy) is 1. The number of aromatic amines is 1. The van der Waals surface area contributed by atoms with Crippen molar-refractivity contribution in [2.75, 3.05) is 48.4 Å². The molecule has 3 aromatic rings. The van der Waals surface area contributed by atoms with E-state index in [2.05, 4.69) is 48.3 Å². The maximum absolute atomic E-state index is 6.78. The van der Waals surface area contributed by atoms with Crippen molar-refractivity contribution in [3.05, 3.63) is 64.5 Å². The average molecular weight is 525 g/mol. The molecule has 0 bridgehead atoms. The quantitative estimate of drug-likeness (QED) is 0.326. The number of hydroxylamine groups is 1. The smallest absolute Gasteiger partial charge is 0.227 e. The zero-order chi connectivity index (χ0) is 25.6. The number of benzene rings is 1. The molecule has 0 radical (unpaired) electrons. The highest BCUT2D eigenvalue weighted by molar-refractivity contribution is 6.35. The minimum atomic E-state index is 0.000559. The number of hydrogen-bond acceptors (Lipinski definition) is 9. The highest BCUT2D eigenvalue weighted by Crippen LogP contribution is 2.40. The lowest BCUT2D eigenvalue weighted by Gasteiger charge is -2.29. The molecule has 11 heteroatoms. The number of halogens is 1. The van der Waals surface area contributed by atoms with Gasteiger partial charge in [0.1, 0.15) is 10.8 Å². The van der Waals surface area contributed by atoms with Gasteiger partial charge in [0.25, 0.3) is 0 Å². The first-order valence-electron chi connectivity index (χ1n) is 12.9. The summed E-state index contributed by atoms with van der Waals surface area (Å²) in [5, 5.41) is 14.5. The second-order valence-electron chi connectivity index (χ2n) is 8.84. The van der Waals surface area contributed by atoms with E-state index in [4.69, 9.17) is 26.2 Å². The van der Waals surface area contributed by atoms with Crippen molar-refractivity contribution in [1.82, 2.24) is 25.6 Å². The molecule has 4 heterocycles. The standard InChI is InChI=1S/C24H27ClN8O2.C2H6/c25-21-22(27-20-13-18(30-31-20)16-6-7-16)28-24(29-23(21)33-8-10-34-11-9-33)26-14-17-12-19(32-35-17)15-4-2-1-3-5-15;1-2/h1-5,12-13,16,19,32H,6-11,14H2,(H3,26,27,28,29,30,31);1-2H3. The van der Waals surface area contributed by atoms with E-state index in [1.807, 2.05) is 44.2 Å². The maximum Gasteiger partial charge on any atom is 0.227 e. The Kier molecular flexibility index (Phi) is 8.08. The van der Waals surface area contributed by atoms with Crippen LogP contribution in [0.1, 0.15) is 49.9 Å². The molecule has 10 nitrogen and oxygen atoms in total. The second-order valence-corrected chi connectivity index (χ2v) is 9.21. The Morgan fingerprint density at radius 2 is 1.89 bits per heavy atom. The van der Waals surface area contributed by atoms with E-state index in [0.717, 1.165) is 17.0 Å². The Morgan fingerprint density at radius 1 is 1.11 bits per heavy atom. The number of nitrogens with zero attached hydrogens (tertiary/aromatic N) is 4. The summed E-state index contributed by atoms with van der Waals surface area (Å²) in [6, 6.07) is 12.2. The summed E-state index contributed by atoms with van der Waals surface area (Å²) in [5.41, 5.74) is 5.32. The predicted molar refractivity (Wildman–Crippen MR) is 145 cm³/mol. The lowest BCUT2D eigenvalue weighted by Crippen LogP contribution is -2.37. The van der Waals surface area contributed by atoms with Gasteiger partial charge >= 0.3 is 0 Å². The summed E-state index contributed by atoms with van der Waals surface area (Å²) in [5.74, 6) is 3.64. The summed E-state index contributed by atoms with van der Waals surface area (Å²) >= 11 is 6.78. The van der Waals surface area contributed by atoms with Gasteiger partial charge < -0.3 is 25.1 Å². The minimum absolute atomic E-state index is 0.000559. The van der Waals surface area contributed by atoms with Crippen LogP contribution in [-0.2, 0) is 9.57 Å². The fourth-order valence-electron chi connectivity index (χ4n) is 4.19. The molecule has 2 aliphatic heterocycles. The molecule has 37 heavy (non-hydrogen) atoms. The fourth-order valence-corrected chi connectivity index (χ4v) is 4.44. The Labute approximate surface area is 221 Å². The number of anilines is 4. The Balaban J connectivity index is 0.00000137. The molecule has 0 spiro atoms. The number of morpholine rings is 1. The van der Waals surface area contributed by atoms with Gasteiger partial charge in [0, 0.05) is 30.8 Å². The molecule has 196 valence electrons. The Hall–Kier alpha value is -3.34. The fraction of sp³-hybridized carbons (Fsp3) is 0.423. The maximum atomic E-state index is 6.78. The van der Waals surface area contributed by atoms with Crippen LogP contribution in [0.5, 0.6) is 0 Å². The summed E-state index contributed by atoms with van der Waals surface area (Å²) in [7, 11) is 0. The number of H-pyrrole nitrogens is 1. The summed E-state index contributed by atoms with van der Waals surface area (Å²) in [6.45, 7) is 7.10. The van der Waals surface area contributed by atoms with Crippen molar-refractivity contribution in [3.8, 4) is 0 Å². The Bertz CT molecular complexity index is 1210. The van der Waals surface area contributed by atoms with Crippen LogP contribution < -0.4 is 21.0 Å². The summed E-state index contributed by atoms with van der Waals surface area (Å²) < 4.78 is 5.51. The minimum Gasteiger partial charge on any atom is -0.411 e. The molecule has 1 unspecified atom stereocenters. The second kappa shape index (κ2) is 11.8. The van der Waals surface area contributed by atoms with E-state index in [-0.39, 0.29) is 6.04 Å². The molecule has 6 rings (SSSR count). The van der Waals surface area contributed by atoms with Gasteiger partial charge in [-0.2, -0.15) is 15.1 Å². The SMILES string of the molecule is CC.Clc1c(Nc2cc(C3CC3)[nH]n2)nc(NCC2=CC(c3ccccc3)NO2)nc1N1CCOCC1. The number of aromatic nitrogens is 4. The molecule has 0 amide bonds. The van der Waals surface area contributed by atoms with E-state index in [0.29, 0.717) is 67.2 Å². The first-order valence-corrected chi connectivity index (χ1v) is 13.2. The van der Waals surface area contributed by atoms with Crippen LogP contribution in [-0.4, -0.2) is 53.0 Å². The lowest BCUT2D eigenvalue weighted by atomic mass is 10.1. The molecule has 1 atom stereocenters. The van der Waals surface area contributed by atoms with Crippen molar-refractivity contribution in [2.45, 2.75) is 38.6 Å². The number of nitrogens with one attached hydrogen (secondary N) is 4. The molecule has 1 aliphatic carbocycles. The van der Waals surface area contributed by atoms with Gasteiger partial charge in [-0.15, -0.1) is 5.48 Å². The van der Waals surface area contributed by atoms with Gasteiger partial charge in [0.2, 0.25) is 5.95 Å². The van der Waals surface area contributed by atoms with Crippen molar-refractivity contribution >= 4 is 35.0 Å². The van der Waals surface area contributed by atoms with Gasteiger partial charge in [-0.25, -0.2) is 0 Å². The molecule has 2 fully saturated rings. The van der Waals surface area contributed by atoms with Gasteiger partial charge in [0.05, 0.1) is 25.8 Å². The van der Waals surface area contributed by atoms with E-state index in [9.17, 15) is 0 Å². The van der Waals surface area contributed by atoms with Gasteiger partial charge in [0.15, 0.2) is 17.5 Å². The van der Waals surface area contributed by atoms with E-state index in [1.165, 1.54) is 12.8 Å². The van der Waals surface area contributed by atoms with Crippen LogP contribution in [0.2, 0.25) is 5.02 Å². The van der Waals surface area contributed by atoms with Crippen LogP contribution in [0.4, 0.5) is 23.4 Å². The molecule has 4 N–H and O–H groups in total. The molecule has 1 saturated heterocycles. The molecular formula is C26H33ClN8O2. The Morgan fingerprint density at radius 3 is 2.65 bits per heavy atom. The normalized spacial score (nSPS) is 18.9. The van der Waals surface area contributed by atoms with Crippen molar-refractivity contribution in [2.24, 2.45) is 0 Å². The van der Waals surface area contributed by atoms with E-state index >= 15 is 0 Å². The zero-order valence-corrected chi connectivity index (χ0v) is 21.9. The van der Waals surface area contributed by atoms with E-state index in [1.54, 1.807) is 0 Å². The van der Waals surface area contributed by atoms with Crippen molar-refractivity contribution in [3.63, 3.8) is 0 Å². The van der Waals surface area contributed by atoms with Crippen LogP contribution in [0.15, 0.2) is 48.2 Å². The monoisotopic (exact) mass is 524 g/mol. The third-order valence-corrected chi connectivity index (χ3v) is 6.60. The third kappa shape index (κ3) is 6.15. The molecular weight excluding hydrogens is 492 g/mol. The largest absolute Gasteiger partial charge is 0.411 e. The average Bonchev–Trinajstić information content (AvgIpc) is 3.51. The molecule has 3 aliphatic rings. The molecule has 2 aromatic heterocycles. The highest BCUT2D eigenvalue weighted by atomic mass is 35.5. The zero-order valence-electron chi connectivity index (χ0n) is 21.1. The number of hydrogen-bond donors (Lipinski definition) is 4. The van der Waals surface area contributed by atoms with Gasteiger partial charge in [-0.05, 0) is 24.5 Å². The van der Waals surface area contributed by atoms with Crippen LogP contribution >= 0.6 is 11.6 Å². The summed E-state index contributed by atoms with van der Waals surface area (Å²) in [6.07, 6.45) is 4.44. The van der Waals surface area contributed by atoms with Crippen LogP contribution in [0, 0.1) is 0 Å². The molecule has 1 aromatic carbocycles. The highest BCUT2D eigenvalue weighted by Gasteiger charge is 2.26. The topological polar surface area (TPSA) is 112 Å².